The average Bonchev–Trinajstić information content (AvgIpc) is 3.18. The molecule has 0 bridgehead atoms. The number of aromatic amines is 1. The largest absolute Gasteiger partial charge is 0.544 e. The zero-order valence-electron chi connectivity index (χ0n) is 21.5. The second kappa shape index (κ2) is 9.20. The highest BCUT2D eigenvalue weighted by Gasteiger charge is 2.45. The number of aromatic nitrogens is 2. The monoisotopic (exact) mass is 516 g/mol. The Balaban J connectivity index is 1.64. The van der Waals surface area contributed by atoms with E-state index < -0.39 is 20.4 Å². The van der Waals surface area contributed by atoms with Crippen LogP contribution >= 0.6 is 11.8 Å². The number of hydrogen-bond donors (Lipinski definition) is 1. The first-order valence-corrected chi connectivity index (χ1v) is 14.6. The Kier molecular flexibility index (Phi) is 6.74. The van der Waals surface area contributed by atoms with Crippen molar-refractivity contribution in [3.05, 3.63) is 40.4 Å². The number of likely N-dealkylation sites (tertiary alicyclic amines) is 1. The molecule has 1 N–H and O–H groups in total. The molecule has 0 saturated carbocycles. The van der Waals surface area contributed by atoms with Crippen LogP contribution in [0.1, 0.15) is 59.9 Å². The van der Waals surface area contributed by atoms with E-state index in [0.717, 1.165) is 34.6 Å². The molecule has 2 aromatic rings. The lowest BCUT2D eigenvalue weighted by atomic mass is 9.93. The lowest BCUT2D eigenvalue weighted by molar-refractivity contribution is 0.0207. The SMILES string of the molecule is C[Si+](OC1=CC2(CCN(C(=O)OC(C)(C)C)CC2)Sc2ccc(-c3noc(=O)[nH]3)cc21)C(C)(C)C. The van der Waals surface area contributed by atoms with E-state index in [0.29, 0.717) is 18.9 Å². The summed E-state index contributed by atoms with van der Waals surface area (Å²) >= 11 is 1.81. The molecule has 35 heavy (non-hydrogen) atoms. The molecule has 1 fully saturated rings. The molecule has 0 aliphatic carbocycles. The summed E-state index contributed by atoms with van der Waals surface area (Å²) in [6.07, 6.45) is 3.61. The Bertz CT molecular complexity index is 1180. The van der Waals surface area contributed by atoms with Crippen molar-refractivity contribution in [3.8, 4) is 11.4 Å². The van der Waals surface area contributed by atoms with E-state index in [-0.39, 0.29) is 15.9 Å². The van der Waals surface area contributed by atoms with Crippen molar-refractivity contribution >= 4 is 32.7 Å². The summed E-state index contributed by atoms with van der Waals surface area (Å²) in [5.74, 6) is 0.677. The molecule has 0 unspecified atom stereocenters. The van der Waals surface area contributed by atoms with Crippen LogP contribution in [0.15, 0.2) is 38.5 Å². The third kappa shape index (κ3) is 5.86. The van der Waals surface area contributed by atoms with Gasteiger partial charge in [0.15, 0.2) is 11.6 Å². The molecule has 1 amide bonds. The van der Waals surface area contributed by atoms with Crippen LogP contribution in [0, 0.1) is 0 Å². The molecule has 188 valence electrons. The lowest BCUT2D eigenvalue weighted by Crippen LogP contribution is -2.46. The minimum absolute atomic E-state index is 0.0540. The number of nitrogens with one attached hydrogen (secondary N) is 1. The first-order chi connectivity index (χ1) is 16.2. The third-order valence-corrected chi connectivity index (χ3v) is 10.4. The summed E-state index contributed by atoms with van der Waals surface area (Å²) in [5.41, 5.74) is 1.25. The molecule has 1 spiro atoms. The van der Waals surface area contributed by atoms with Crippen LogP contribution in [-0.4, -0.2) is 53.6 Å². The highest BCUT2D eigenvalue weighted by Crippen LogP contribution is 2.51. The third-order valence-electron chi connectivity index (χ3n) is 6.25. The number of benzene rings is 1. The van der Waals surface area contributed by atoms with Crippen molar-refractivity contribution in [2.75, 3.05) is 13.1 Å². The van der Waals surface area contributed by atoms with Crippen molar-refractivity contribution < 1.29 is 18.5 Å². The first kappa shape index (κ1) is 25.6. The number of nitrogens with zero attached hydrogens (tertiary/aromatic N) is 2. The summed E-state index contributed by atoms with van der Waals surface area (Å²) in [6, 6.07) is 6.00. The van der Waals surface area contributed by atoms with Crippen molar-refractivity contribution in [1.82, 2.24) is 15.0 Å². The smallest absolute Gasteiger partial charge is 0.444 e. The first-order valence-electron chi connectivity index (χ1n) is 11.9. The molecular weight excluding hydrogens is 482 g/mol. The van der Waals surface area contributed by atoms with Crippen LogP contribution in [0.4, 0.5) is 4.79 Å². The maximum atomic E-state index is 12.6. The molecule has 0 radical (unpaired) electrons. The summed E-state index contributed by atoms with van der Waals surface area (Å²) in [6.45, 7) is 15.7. The minimum atomic E-state index is -1.17. The van der Waals surface area contributed by atoms with Crippen LogP contribution in [0.3, 0.4) is 0 Å². The van der Waals surface area contributed by atoms with Crippen molar-refractivity contribution in [2.24, 2.45) is 0 Å². The van der Waals surface area contributed by atoms with Gasteiger partial charge in [-0.1, -0.05) is 5.16 Å². The number of carbonyl (C=O) groups excluding carboxylic acids is 1. The maximum absolute atomic E-state index is 12.6. The standard InChI is InChI=1S/C25H33N3O5SSi/c1-23(2,3)31-22(30)28-12-10-25(11-13-28)15-18(33-35(7)24(4,5)6)17-14-16(8-9-19(17)34-25)20-26-21(29)32-27-20/h8-9,14-15H,10-13H2,1-7H3/p+1. The van der Waals surface area contributed by atoms with Crippen LogP contribution in [0.5, 0.6) is 0 Å². The fourth-order valence-corrected chi connectivity index (χ4v) is 6.12. The molecule has 4 rings (SSSR count). The lowest BCUT2D eigenvalue weighted by Gasteiger charge is -2.42. The molecular formula is C25H34N3O5SSi+. The van der Waals surface area contributed by atoms with E-state index in [4.69, 9.17) is 13.7 Å². The number of fused-ring (bicyclic) bond motifs is 1. The van der Waals surface area contributed by atoms with Crippen LogP contribution in [0.25, 0.3) is 17.1 Å². The van der Waals surface area contributed by atoms with E-state index in [1.54, 1.807) is 4.90 Å². The van der Waals surface area contributed by atoms with E-state index in [1.807, 2.05) is 44.7 Å². The zero-order valence-corrected chi connectivity index (χ0v) is 23.3. The second-order valence-electron chi connectivity index (χ2n) is 11.2. The summed E-state index contributed by atoms with van der Waals surface area (Å²) < 4.78 is 16.8. The van der Waals surface area contributed by atoms with E-state index in [2.05, 4.69) is 49.6 Å². The molecule has 2 aliphatic rings. The number of amides is 1. The molecule has 10 heteroatoms. The summed E-state index contributed by atoms with van der Waals surface area (Å²) in [5, 5.41) is 3.89. The van der Waals surface area contributed by atoms with Gasteiger partial charge in [-0.05, 0) is 78.7 Å². The zero-order chi connectivity index (χ0) is 25.6. The van der Waals surface area contributed by atoms with Gasteiger partial charge in [-0.25, -0.2) is 9.59 Å². The van der Waals surface area contributed by atoms with Gasteiger partial charge in [-0.3, -0.25) is 9.51 Å². The van der Waals surface area contributed by atoms with Gasteiger partial charge in [0, 0.05) is 33.9 Å². The van der Waals surface area contributed by atoms with Crippen molar-refractivity contribution in [2.45, 2.75) is 81.2 Å². The molecule has 0 atom stereocenters. The normalized spacial score (nSPS) is 17.6. The van der Waals surface area contributed by atoms with Crippen LogP contribution in [0.2, 0.25) is 11.6 Å². The van der Waals surface area contributed by atoms with Crippen LogP contribution < -0.4 is 5.76 Å². The van der Waals surface area contributed by atoms with Gasteiger partial charge in [-0.2, -0.15) is 0 Å². The molecule has 1 aromatic carbocycles. The van der Waals surface area contributed by atoms with Gasteiger partial charge in [0.25, 0.3) is 0 Å². The summed E-state index contributed by atoms with van der Waals surface area (Å²) in [7, 11) is -1.17. The van der Waals surface area contributed by atoms with E-state index in [1.165, 1.54) is 0 Å². The fraction of sp³-hybridized carbons (Fsp3) is 0.560. The van der Waals surface area contributed by atoms with Gasteiger partial charge in [-0.15, -0.1) is 11.8 Å². The molecule has 1 saturated heterocycles. The number of rotatable bonds is 3. The van der Waals surface area contributed by atoms with Crippen molar-refractivity contribution in [3.63, 3.8) is 0 Å². The topological polar surface area (TPSA) is 97.7 Å². The highest BCUT2D eigenvalue weighted by molar-refractivity contribution is 8.01. The Hall–Kier alpha value is -2.46. The average molecular weight is 517 g/mol. The van der Waals surface area contributed by atoms with Gasteiger partial charge in [0.1, 0.15) is 10.6 Å². The minimum Gasteiger partial charge on any atom is -0.444 e. The molecule has 2 aliphatic heterocycles. The number of hydrogen-bond acceptors (Lipinski definition) is 7. The Morgan fingerprint density at radius 2 is 1.89 bits per heavy atom. The second-order valence-corrected chi connectivity index (χ2v) is 15.5. The molecule has 1 aromatic heterocycles. The Morgan fingerprint density at radius 1 is 1.20 bits per heavy atom. The van der Waals surface area contributed by atoms with Crippen LogP contribution in [-0.2, 0) is 9.16 Å². The number of ether oxygens (including phenoxy) is 1. The van der Waals surface area contributed by atoms with Gasteiger partial charge < -0.3 is 14.1 Å². The van der Waals surface area contributed by atoms with E-state index >= 15 is 0 Å². The number of carbonyl (C=O) groups is 1. The van der Waals surface area contributed by atoms with Gasteiger partial charge in [0.05, 0.1) is 6.55 Å². The number of piperidine rings is 1. The number of thioether (sulfide) groups is 1. The predicted octanol–water partition coefficient (Wildman–Crippen LogP) is 5.68. The fourth-order valence-electron chi connectivity index (χ4n) is 3.92. The Labute approximate surface area is 212 Å². The maximum Gasteiger partial charge on any atom is 0.544 e. The van der Waals surface area contributed by atoms with Crippen molar-refractivity contribution in [1.29, 1.82) is 0 Å². The van der Waals surface area contributed by atoms with Gasteiger partial charge >= 0.3 is 20.9 Å². The Morgan fingerprint density at radius 3 is 2.46 bits per heavy atom. The number of H-pyrrole nitrogens is 1. The quantitative estimate of drug-likeness (QED) is 0.524. The molecule has 3 heterocycles. The predicted molar refractivity (Wildman–Crippen MR) is 139 cm³/mol. The van der Waals surface area contributed by atoms with E-state index in [9.17, 15) is 9.59 Å². The summed E-state index contributed by atoms with van der Waals surface area (Å²) in [4.78, 5) is 29.6. The highest BCUT2D eigenvalue weighted by atomic mass is 32.2. The molecule has 8 nitrogen and oxygen atoms in total. The van der Waals surface area contributed by atoms with Gasteiger partial charge in [0.2, 0.25) is 0 Å².